The zero-order chi connectivity index (χ0) is 12.1. The Morgan fingerprint density at radius 2 is 2.31 bits per heavy atom. The number of benzene rings is 1. The lowest BCUT2D eigenvalue weighted by atomic mass is 10.2. The number of nitrogens with zero attached hydrogens (tertiary/aromatic N) is 2. The van der Waals surface area contributed by atoms with Crippen molar-refractivity contribution in [1.29, 1.82) is 5.26 Å². The summed E-state index contributed by atoms with van der Waals surface area (Å²) in [4.78, 5) is 21.1. The molecule has 0 saturated heterocycles. The summed E-state index contributed by atoms with van der Waals surface area (Å²) in [6.07, 6.45) is -0.361. The Bertz CT molecular complexity index is 481. The molecule has 1 rings (SSSR count). The van der Waals surface area contributed by atoms with Crippen LogP contribution in [0.15, 0.2) is 18.2 Å². The van der Waals surface area contributed by atoms with Crippen LogP contribution in [0.3, 0.4) is 0 Å². The van der Waals surface area contributed by atoms with Crippen molar-refractivity contribution in [2.24, 2.45) is 0 Å². The average Bonchev–Trinajstić information content (AvgIpc) is 2.20. The minimum Gasteiger partial charge on any atom is -0.319 e. The van der Waals surface area contributed by atoms with Crippen LogP contribution >= 0.6 is 11.6 Å². The molecule has 0 aliphatic heterocycles. The number of nitro benzene ring substituents is 1. The number of nitriles is 1. The Balaban J connectivity index is 3.00. The number of hydrogen-bond donors (Lipinski definition) is 1. The molecular formula is C9H6ClN3O3. The quantitative estimate of drug-likeness (QED) is 0.645. The van der Waals surface area contributed by atoms with Crippen LogP contribution in [0.4, 0.5) is 11.4 Å². The van der Waals surface area contributed by atoms with E-state index in [1.165, 1.54) is 12.1 Å². The summed E-state index contributed by atoms with van der Waals surface area (Å²) in [5.74, 6) is -0.604. The van der Waals surface area contributed by atoms with E-state index in [0.29, 0.717) is 0 Å². The van der Waals surface area contributed by atoms with Gasteiger partial charge in [0, 0.05) is 11.1 Å². The molecule has 1 aromatic rings. The number of hydrogen-bond acceptors (Lipinski definition) is 4. The summed E-state index contributed by atoms with van der Waals surface area (Å²) in [6, 6.07) is 5.50. The summed E-state index contributed by atoms with van der Waals surface area (Å²) >= 11 is 5.59. The van der Waals surface area contributed by atoms with Gasteiger partial charge in [0.2, 0.25) is 5.91 Å². The van der Waals surface area contributed by atoms with Crippen molar-refractivity contribution in [1.82, 2.24) is 0 Å². The van der Waals surface area contributed by atoms with Gasteiger partial charge in [0.05, 0.1) is 11.0 Å². The molecule has 0 aliphatic carbocycles. The number of carbonyl (C=O) groups is 1. The molecule has 6 nitrogen and oxygen atoms in total. The number of halogens is 1. The molecule has 1 amide bonds. The Kier molecular flexibility index (Phi) is 3.80. The number of amides is 1. The first-order chi connectivity index (χ1) is 7.54. The van der Waals surface area contributed by atoms with Crippen LogP contribution in [-0.4, -0.2) is 10.8 Å². The van der Waals surface area contributed by atoms with Gasteiger partial charge in [-0.2, -0.15) is 5.26 Å². The molecule has 82 valence electrons. The maximum atomic E-state index is 11.1. The van der Waals surface area contributed by atoms with Crippen molar-refractivity contribution in [2.75, 3.05) is 5.32 Å². The van der Waals surface area contributed by atoms with E-state index in [1.54, 1.807) is 6.07 Å². The number of anilines is 1. The Hall–Kier alpha value is -2.13. The smallest absolute Gasteiger partial charge is 0.294 e. The SMILES string of the molecule is N#CCC(=O)Nc1ccc(Cl)cc1[N+](=O)[O-]. The second-order valence-electron chi connectivity index (χ2n) is 2.80. The molecule has 0 radical (unpaired) electrons. The molecule has 0 fully saturated rings. The van der Waals surface area contributed by atoms with E-state index in [1.807, 2.05) is 0 Å². The molecule has 1 N–H and O–H groups in total. The number of nitro groups is 1. The molecule has 0 bridgehead atoms. The fourth-order valence-corrected chi connectivity index (χ4v) is 1.19. The lowest BCUT2D eigenvalue weighted by Gasteiger charge is -2.03. The highest BCUT2D eigenvalue weighted by Crippen LogP contribution is 2.27. The minimum atomic E-state index is -0.659. The van der Waals surface area contributed by atoms with Gasteiger partial charge in [-0.25, -0.2) is 0 Å². The molecule has 0 atom stereocenters. The highest BCUT2D eigenvalue weighted by atomic mass is 35.5. The largest absolute Gasteiger partial charge is 0.319 e. The van der Waals surface area contributed by atoms with Crippen molar-refractivity contribution in [3.05, 3.63) is 33.3 Å². The van der Waals surface area contributed by atoms with E-state index in [2.05, 4.69) is 5.32 Å². The fourth-order valence-electron chi connectivity index (χ4n) is 1.03. The topological polar surface area (TPSA) is 96.0 Å². The van der Waals surface area contributed by atoms with Crippen molar-refractivity contribution in [3.8, 4) is 6.07 Å². The Labute approximate surface area is 95.6 Å². The zero-order valence-corrected chi connectivity index (χ0v) is 8.69. The van der Waals surface area contributed by atoms with E-state index in [0.717, 1.165) is 6.07 Å². The first-order valence-corrected chi connectivity index (χ1v) is 4.53. The fraction of sp³-hybridized carbons (Fsp3) is 0.111. The van der Waals surface area contributed by atoms with Crippen molar-refractivity contribution >= 4 is 28.9 Å². The van der Waals surface area contributed by atoms with Crippen LogP contribution in [0.25, 0.3) is 0 Å². The number of carbonyl (C=O) groups excluding carboxylic acids is 1. The highest BCUT2D eigenvalue weighted by molar-refractivity contribution is 6.31. The third-order valence-corrected chi connectivity index (χ3v) is 1.91. The van der Waals surface area contributed by atoms with Gasteiger partial charge in [-0.1, -0.05) is 11.6 Å². The molecule has 0 spiro atoms. The molecule has 16 heavy (non-hydrogen) atoms. The minimum absolute atomic E-state index is 0.0228. The van der Waals surface area contributed by atoms with Crippen LogP contribution in [0.1, 0.15) is 6.42 Å². The van der Waals surface area contributed by atoms with Gasteiger partial charge in [0.15, 0.2) is 0 Å². The van der Waals surface area contributed by atoms with E-state index in [4.69, 9.17) is 16.9 Å². The summed E-state index contributed by atoms with van der Waals surface area (Å²) in [6.45, 7) is 0. The second-order valence-corrected chi connectivity index (χ2v) is 3.24. The van der Waals surface area contributed by atoms with Crippen molar-refractivity contribution in [3.63, 3.8) is 0 Å². The number of rotatable bonds is 3. The maximum Gasteiger partial charge on any atom is 0.294 e. The van der Waals surface area contributed by atoms with E-state index < -0.39 is 10.8 Å². The third-order valence-electron chi connectivity index (χ3n) is 1.67. The molecule has 0 unspecified atom stereocenters. The molecule has 1 aromatic carbocycles. The van der Waals surface area contributed by atoms with Gasteiger partial charge in [-0.05, 0) is 12.1 Å². The van der Waals surface area contributed by atoms with Crippen molar-refractivity contribution in [2.45, 2.75) is 6.42 Å². The molecule has 0 aliphatic rings. The predicted octanol–water partition coefficient (Wildman–Crippen LogP) is 2.10. The highest BCUT2D eigenvalue weighted by Gasteiger charge is 2.15. The maximum absolute atomic E-state index is 11.1. The molecule has 7 heteroatoms. The van der Waals surface area contributed by atoms with Gasteiger partial charge in [0.1, 0.15) is 12.1 Å². The van der Waals surface area contributed by atoms with Gasteiger partial charge >= 0.3 is 0 Å². The Morgan fingerprint density at radius 3 is 2.88 bits per heavy atom. The van der Waals surface area contributed by atoms with Crippen LogP contribution in [0.2, 0.25) is 5.02 Å². The molecule has 0 heterocycles. The second kappa shape index (κ2) is 5.09. The van der Waals surface area contributed by atoms with E-state index >= 15 is 0 Å². The third kappa shape index (κ3) is 2.93. The van der Waals surface area contributed by atoms with Crippen LogP contribution in [0, 0.1) is 21.4 Å². The summed E-state index contributed by atoms with van der Waals surface area (Å²) < 4.78 is 0. The monoisotopic (exact) mass is 239 g/mol. The normalized spacial score (nSPS) is 9.25. The predicted molar refractivity (Wildman–Crippen MR) is 57.0 cm³/mol. The first-order valence-electron chi connectivity index (χ1n) is 4.15. The molecule has 0 saturated carbocycles. The first kappa shape index (κ1) is 11.9. The standard InChI is InChI=1S/C9H6ClN3O3/c10-6-1-2-7(8(5-6)13(15)16)12-9(14)3-4-11/h1-2,5H,3H2,(H,12,14). The Morgan fingerprint density at radius 1 is 1.62 bits per heavy atom. The lowest BCUT2D eigenvalue weighted by molar-refractivity contribution is -0.383. The number of nitrogens with one attached hydrogen (secondary N) is 1. The van der Waals surface area contributed by atoms with Crippen molar-refractivity contribution < 1.29 is 9.72 Å². The molecule has 0 aromatic heterocycles. The van der Waals surface area contributed by atoms with Gasteiger partial charge < -0.3 is 5.32 Å². The lowest BCUT2D eigenvalue weighted by Crippen LogP contribution is -2.11. The van der Waals surface area contributed by atoms with Crippen LogP contribution < -0.4 is 5.32 Å². The summed E-state index contributed by atoms with van der Waals surface area (Å²) in [7, 11) is 0. The van der Waals surface area contributed by atoms with Crippen LogP contribution in [0.5, 0.6) is 0 Å². The van der Waals surface area contributed by atoms with Gasteiger partial charge in [-0.15, -0.1) is 0 Å². The van der Waals surface area contributed by atoms with Gasteiger partial charge in [0.25, 0.3) is 5.69 Å². The van der Waals surface area contributed by atoms with E-state index in [-0.39, 0.29) is 22.8 Å². The van der Waals surface area contributed by atoms with Crippen LogP contribution in [-0.2, 0) is 4.79 Å². The van der Waals surface area contributed by atoms with Gasteiger partial charge in [-0.3, -0.25) is 14.9 Å². The summed E-state index contributed by atoms with van der Waals surface area (Å²) in [5, 5.41) is 21.4. The molecular weight excluding hydrogens is 234 g/mol. The summed E-state index contributed by atoms with van der Waals surface area (Å²) in [5.41, 5.74) is -0.284. The average molecular weight is 240 g/mol. The van der Waals surface area contributed by atoms with E-state index in [9.17, 15) is 14.9 Å². The zero-order valence-electron chi connectivity index (χ0n) is 7.94.